The number of halogens is 2. The summed E-state index contributed by atoms with van der Waals surface area (Å²) in [6.07, 6.45) is 1.51. The van der Waals surface area contributed by atoms with Gasteiger partial charge in [0.05, 0.1) is 22.2 Å². The van der Waals surface area contributed by atoms with Gasteiger partial charge in [-0.05, 0) is 59.7 Å². The van der Waals surface area contributed by atoms with E-state index in [-0.39, 0.29) is 13.2 Å². The highest BCUT2D eigenvalue weighted by molar-refractivity contribution is 6.42. The van der Waals surface area contributed by atoms with Gasteiger partial charge < -0.3 is 19.5 Å². The van der Waals surface area contributed by atoms with Gasteiger partial charge in [0.15, 0.2) is 11.5 Å². The Bertz CT molecular complexity index is 1290. The Morgan fingerprint density at radius 1 is 1.17 bits per heavy atom. The number of hydrogen-bond acceptors (Lipinski definition) is 8. The molecule has 4 rings (SSSR count). The molecule has 182 valence electrons. The highest BCUT2D eigenvalue weighted by Gasteiger charge is 2.35. The minimum Gasteiger partial charge on any atom is -0.490 e. The molecule has 0 amide bonds. The Morgan fingerprint density at radius 2 is 2.00 bits per heavy atom. The highest BCUT2D eigenvalue weighted by atomic mass is 35.5. The third-order valence-electron chi connectivity index (χ3n) is 5.23. The standard InChI is InChI=1S/C24H23Cl2N5O4/c1-4-10-34-23(32)21-14(3)27-24-28-29-30-31(24)22(21)16-7-9-19(20(12-16)33-5-2)35-13-15-6-8-17(25)18(26)11-15/h4,6-9,11-12,22H,1,5,10,13H2,2-3H3,(H,27,28,30). The third kappa shape index (κ3) is 5.26. The second-order valence-electron chi connectivity index (χ2n) is 7.58. The minimum atomic E-state index is -0.637. The molecule has 2 heterocycles. The minimum absolute atomic E-state index is 0.0798. The molecule has 0 spiro atoms. The predicted octanol–water partition coefficient (Wildman–Crippen LogP) is 4.98. The molecule has 0 saturated heterocycles. The van der Waals surface area contributed by atoms with Crippen LogP contribution in [0, 0.1) is 0 Å². The lowest BCUT2D eigenvalue weighted by molar-refractivity contribution is -0.138. The van der Waals surface area contributed by atoms with Crippen molar-refractivity contribution >= 4 is 35.1 Å². The van der Waals surface area contributed by atoms with Gasteiger partial charge in [-0.1, -0.05) is 53.1 Å². The van der Waals surface area contributed by atoms with Crippen molar-refractivity contribution in [2.24, 2.45) is 0 Å². The molecule has 0 saturated carbocycles. The van der Waals surface area contributed by atoms with Crippen LogP contribution in [0.4, 0.5) is 5.95 Å². The topological polar surface area (TPSA) is 100 Å². The number of carbonyl (C=O) groups is 1. The number of aromatic nitrogens is 4. The summed E-state index contributed by atoms with van der Waals surface area (Å²) in [4.78, 5) is 12.9. The Morgan fingerprint density at radius 3 is 2.74 bits per heavy atom. The fourth-order valence-corrected chi connectivity index (χ4v) is 3.99. The zero-order valence-corrected chi connectivity index (χ0v) is 20.6. The molecular formula is C24H23Cl2N5O4. The summed E-state index contributed by atoms with van der Waals surface area (Å²) >= 11 is 12.1. The summed E-state index contributed by atoms with van der Waals surface area (Å²) in [5.41, 5.74) is 2.53. The molecule has 11 heteroatoms. The van der Waals surface area contributed by atoms with Crippen LogP contribution in [0.15, 0.2) is 60.3 Å². The first kappa shape index (κ1) is 24.6. The molecular weight excluding hydrogens is 493 g/mol. The number of anilines is 1. The van der Waals surface area contributed by atoms with Crippen molar-refractivity contribution in [2.75, 3.05) is 18.5 Å². The van der Waals surface area contributed by atoms with Gasteiger partial charge in [0.1, 0.15) is 19.3 Å². The molecule has 0 aliphatic carbocycles. The number of tetrazole rings is 1. The monoisotopic (exact) mass is 515 g/mol. The third-order valence-corrected chi connectivity index (χ3v) is 5.97. The first-order valence-electron chi connectivity index (χ1n) is 10.8. The van der Waals surface area contributed by atoms with Gasteiger partial charge in [-0.25, -0.2) is 4.79 Å². The second-order valence-corrected chi connectivity index (χ2v) is 8.39. The van der Waals surface area contributed by atoms with E-state index in [2.05, 4.69) is 27.4 Å². The van der Waals surface area contributed by atoms with E-state index >= 15 is 0 Å². The van der Waals surface area contributed by atoms with Gasteiger partial charge >= 0.3 is 5.97 Å². The number of esters is 1. The average Bonchev–Trinajstić information content (AvgIpc) is 3.31. The Labute approximate surface area is 212 Å². The van der Waals surface area contributed by atoms with E-state index in [4.69, 9.17) is 37.4 Å². The van der Waals surface area contributed by atoms with Crippen LogP contribution < -0.4 is 14.8 Å². The molecule has 0 fully saturated rings. The van der Waals surface area contributed by atoms with Crippen LogP contribution in [0.5, 0.6) is 11.5 Å². The van der Waals surface area contributed by atoms with Crippen LogP contribution >= 0.6 is 23.2 Å². The molecule has 35 heavy (non-hydrogen) atoms. The van der Waals surface area contributed by atoms with Gasteiger partial charge in [-0.3, -0.25) is 0 Å². The van der Waals surface area contributed by atoms with E-state index in [1.165, 1.54) is 10.8 Å². The van der Waals surface area contributed by atoms with Gasteiger partial charge in [-0.2, -0.15) is 4.68 Å². The maximum atomic E-state index is 12.9. The molecule has 1 atom stereocenters. The molecule has 2 aromatic carbocycles. The first-order valence-corrected chi connectivity index (χ1v) is 11.6. The lowest BCUT2D eigenvalue weighted by atomic mass is 9.95. The number of hydrogen-bond donors (Lipinski definition) is 1. The SMILES string of the molecule is C=CCOC(=O)C1=C(C)Nc2nnnn2C1c1ccc(OCc2ccc(Cl)c(Cl)c2)c(OCC)c1. The number of nitrogens with zero attached hydrogens (tertiary/aromatic N) is 4. The van der Waals surface area contributed by atoms with E-state index in [0.717, 1.165) is 11.1 Å². The van der Waals surface area contributed by atoms with Crippen LogP contribution in [-0.4, -0.2) is 39.4 Å². The average molecular weight is 516 g/mol. The number of rotatable bonds is 9. The van der Waals surface area contributed by atoms with Gasteiger partial charge in [0, 0.05) is 5.70 Å². The van der Waals surface area contributed by atoms with Crippen molar-refractivity contribution in [3.05, 3.63) is 81.5 Å². The van der Waals surface area contributed by atoms with Crippen molar-refractivity contribution in [2.45, 2.75) is 26.5 Å². The summed E-state index contributed by atoms with van der Waals surface area (Å²) in [7, 11) is 0. The second kappa shape index (κ2) is 10.8. The van der Waals surface area contributed by atoms with E-state index in [0.29, 0.717) is 45.4 Å². The molecule has 3 aromatic rings. The molecule has 1 aliphatic heterocycles. The number of allylic oxidation sites excluding steroid dienone is 1. The van der Waals surface area contributed by atoms with Crippen LogP contribution in [0.3, 0.4) is 0 Å². The maximum Gasteiger partial charge on any atom is 0.338 e. The van der Waals surface area contributed by atoms with E-state index < -0.39 is 12.0 Å². The molecule has 0 bridgehead atoms. The molecule has 0 radical (unpaired) electrons. The van der Waals surface area contributed by atoms with Crippen LogP contribution in [0.2, 0.25) is 10.0 Å². The number of ether oxygens (including phenoxy) is 3. The zero-order valence-electron chi connectivity index (χ0n) is 19.1. The summed E-state index contributed by atoms with van der Waals surface area (Å²) in [6, 6.07) is 10.1. The largest absolute Gasteiger partial charge is 0.490 e. The molecule has 1 unspecified atom stereocenters. The van der Waals surface area contributed by atoms with E-state index in [1.54, 1.807) is 25.1 Å². The summed E-state index contributed by atoms with van der Waals surface area (Å²) in [6.45, 7) is 8.01. The van der Waals surface area contributed by atoms with E-state index in [9.17, 15) is 4.79 Å². The Kier molecular flexibility index (Phi) is 7.57. The van der Waals surface area contributed by atoms with E-state index in [1.807, 2.05) is 25.1 Å². The summed E-state index contributed by atoms with van der Waals surface area (Å²) < 4.78 is 18.7. The van der Waals surface area contributed by atoms with Gasteiger partial charge in [-0.15, -0.1) is 0 Å². The molecule has 1 aromatic heterocycles. The molecule has 1 aliphatic rings. The summed E-state index contributed by atoms with van der Waals surface area (Å²) in [5, 5.41) is 15.8. The lowest BCUT2D eigenvalue weighted by Crippen LogP contribution is -2.29. The summed E-state index contributed by atoms with van der Waals surface area (Å²) in [5.74, 6) is 0.948. The molecule has 9 nitrogen and oxygen atoms in total. The van der Waals surface area contributed by atoms with Crippen LogP contribution in [0.1, 0.15) is 31.0 Å². The van der Waals surface area contributed by atoms with Crippen molar-refractivity contribution in [1.82, 2.24) is 20.2 Å². The quantitative estimate of drug-likeness (QED) is 0.314. The van der Waals surface area contributed by atoms with Crippen molar-refractivity contribution in [3.63, 3.8) is 0 Å². The number of carbonyl (C=O) groups excluding carboxylic acids is 1. The molecule has 1 N–H and O–H groups in total. The maximum absolute atomic E-state index is 12.9. The Balaban J connectivity index is 1.68. The first-order chi connectivity index (χ1) is 16.9. The normalized spacial score (nSPS) is 14.7. The number of nitrogens with one attached hydrogen (secondary N) is 1. The van der Waals surface area contributed by atoms with Crippen LogP contribution in [0.25, 0.3) is 0 Å². The fraction of sp³-hybridized carbons (Fsp3) is 0.250. The van der Waals surface area contributed by atoms with Crippen molar-refractivity contribution in [1.29, 1.82) is 0 Å². The lowest BCUT2D eigenvalue weighted by Gasteiger charge is -2.27. The van der Waals surface area contributed by atoms with Crippen molar-refractivity contribution < 1.29 is 19.0 Å². The number of fused-ring (bicyclic) bond motifs is 1. The Hall–Kier alpha value is -3.56. The van der Waals surface area contributed by atoms with Gasteiger partial charge in [0.25, 0.3) is 0 Å². The van der Waals surface area contributed by atoms with Crippen LogP contribution in [-0.2, 0) is 16.1 Å². The predicted molar refractivity (Wildman–Crippen MR) is 132 cm³/mol. The smallest absolute Gasteiger partial charge is 0.338 e. The fourth-order valence-electron chi connectivity index (χ4n) is 3.67. The van der Waals surface area contributed by atoms with Gasteiger partial charge in [0.2, 0.25) is 5.95 Å². The number of benzene rings is 2. The van der Waals surface area contributed by atoms with Crippen molar-refractivity contribution in [3.8, 4) is 11.5 Å². The zero-order chi connectivity index (χ0) is 24.9. The highest BCUT2D eigenvalue weighted by Crippen LogP contribution is 2.39.